The minimum absolute atomic E-state index is 0.144. The van der Waals surface area contributed by atoms with Crippen LogP contribution in [0.1, 0.15) is 5.56 Å². The van der Waals surface area contributed by atoms with E-state index in [1.54, 1.807) is 37.3 Å². The van der Waals surface area contributed by atoms with Crippen LogP contribution < -0.4 is 10.6 Å². The maximum absolute atomic E-state index is 13.6. The Morgan fingerprint density at radius 3 is 2.12 bits per heavy atom. The van der Waals surface area contributed by atoms with Crippen molar-refractivity contribution in [2.75, 3.05) is 0 Å². The molecule has 17 heavy (non-hydrogen) atoms. The lowest BCUT2D eigenvalue weighted by molar-refractivity contribution is 0.498. The van der Waals surface area contributed by atoms with Crippen LogP contribution in [0.2, 0.25) is 0 Å². The number of rotatable bonds is 2. The third kappa shape index (κ3) is 2.17. The smallest absolute Gasteiger partial charge is 0.261 e. The summed E-state index contributed by atoms with van der Waals surface area (Å²) in [6, 6.07) is 12.3. The van der Waals surface area contributed by atoms with Crippen LogP contribution in [-0.4, -0.2) is 4.89 Å². The Morgan fingerprint density at radius 1 is 1.00 bits per heavy atom. The van der Waals surface area contributed by atoms with E-state index in [9.17, 15) is 13.8 Å². The summed E-state index contributed by atoms with van der Waals surface area (Å²) in [7, 11) is -3.85. The van der Waals surface area contributed by atoms with Crippen molar-refractivity contribution in [2.45, 2.75) is 6.92 Å². The van der Waals surface area contributed by atoms with Gasteiger partial charge in [-0.25, -0.2) is 4.39 Å². The van der Waals surface area contributed by atoms with Crippen molar-refractivity contribution in [3.8, 4) is 0 Å². The molecule has 4 heteroatoms. The highest BCUT2D eigenvalue weighted by molar-refractivity contribution is 7.73. The van der Waals surface area contributed by atoms with Crippen molar-refractivity contribution < 1.29 is 13.8 Å². The second-order valence-corrected chi connectivity index (χ2v) is 5.93. The molecule has 0 aliphatic heterocycles. The van der Waals surface area contributed by atoms with Crippen LogP contribution in [0.5, 0.6) is 0 Å². The highest BCUT2D eigenvalue weighted by Crippen LogP contribution is 2.39. The van der Waals surface area contributed by atoms with Gasteiger partial charge in [-0.05, 0) is 30.7 Å². The van der Waals surface area contributed by atoms with E-state index in [0.717, 1.165) is 0 Å². The lowest BCUT2D eigenvalue weighted by Crippen LogP contribution is -2.20. The molecule has 2 aromatic rings. The number of hydrogen-bond acceptors (Lipinski definition) is 1. The first kappa shape index (κ1) is 12.0. The Morgan fingerprint density at radius 2 is 1.53 bits per heavy atom. The summed E-state index contributed by atoms with van der Waals surface area (Å²) in [6.07, 6.45) is 0. The quantitative estimate of drug-likeness (QED) is 0.831. The minimum atomic E-state index is -3.85. The highest BCUT2D eigenvalue weighted by atomic mass is 31.2. The molecule has 0 fully saturated rings. The predicted molar refractivity (Wildman–Crippen MR) is 66.7 cm³/mol. The summed E-state index contributed by atoms with van der Waals surface area (Å²) in [6.45, 7) is 1.74. The van der Waals surface area contributed by atoms with Gasteiger partial charge in [0.05, 0.1) is 5.30 Å². The Hall–Kier alpha value is -1.44. The van der Waals surface area contributed by atoms with E-state index in [1.807, 2.05) is 0 Å². The second-order valence-electron chi connectivity index (χ2n) is 3.81. The van der Waals surface area contributed by atoms with Crippen LogP contribution in [0.4, 0.5) is 4.39 Å². The summed E-state index contributed by atoms with van der Waals surface area (Å²) in [5.74, 6) is -0.651. The molecule has 0 spiro atoms. The highest BCUT2D eigenvalue weighted by Gasteiger charge is 2.28. The van der Waals surface area contributed by atoms with Crippen LogP contribution in [-0.2, 0) is 4.57 Å². The van der Waals surface area contributed by atoms with Gasteiger partial charge >= 0.3 is 0 Å². The molecule has 0 aromatic heterocycles. The van der Waals surface area contributed by atoms with Gasteiger partial charge in [0.25, 0.3) is 7.37 Å². The van der Waals surface area contributed by atoms with Crippen molar-refractivity contribution in [3.05, 3.63) is 59.9 Å². The molecule has 88 valence electrons. The molecule has 0 radical (unpaired) electrons. The van der Waals surface area contributed by atoms with Crippen LogP contribution >= 0.6 is 7.37 Å². The van der Waals surface area contributed by atoms with Crippen molar-refractivity contribution in [1.29, 1.82) is 0 Å². The minimum Gasteiger partial charge on any atom is -0.338 e. The summed E-state index contributed by atoms with van der Waals surface area (Å²) in [5.41, 5.74) is 0.682. The Bertz CT molecular complexity index is 546. The molecule has 0 heterocycles. The fraction of sp³-hybridized carbons (Fsp3) is 0.0769. The molecule has 0 amide bonds. The van der Waals surface area contributed by atoms with Crippen LogP contribution in [0, 0.1) is 12.7 Å². The van der Waals surface area contributed by atoms with Crippen molar-refractivity contribution in [3.63, 3.8) is 0 Å². The van der Waals surface area contributed by atoms with Crippen LogP contribution in [0.25, 0.3) is 0 Å². The Kier molecular flexibility index (Phi) is 3.14. The van der Waals surface area contributed by atoms with Crippen molar-refractivity contribution in [1.82, 2.24) is 0 Å². The van der Waals surface area contributed by atoms with Gasteiger partial charge in [-0.15, -0.1) is 0 Å². The fourth-order valence-electron chi connectivity index (χ4n) is 1.73. The van der Waals surface area contributed by atoms with E-state index in [4.69, 9.17) is 0 Å². The van der Waals surface area contributed by atoms with Gasteiger partial charge in [0.15, 0.2) is 0 Å². The van der Waals surface area contributed by atoms with Gasteiger partial charge in [-0.3, -0.25) is 4.57 Å². The lowest BCUT2D eigenvalue weighted by Gasteiger charge is -2.14. The Balaban J connectivity index is 2.63. The first-order valence-corrected chi connectivity index (χ1v) is 6.83. The SMILES string of the molecule is Cc1ccccc1P(=O)(O)c1ccccc1F. The standard InChI is InChI=1S/C13H12FO2P/c1-10-6-2-4-8-12(10)17(15,16)13-9-5-3-7-11(13)14/h2-9H,1H3,(H,15,16). The van der Waals surface area contributed by atoms with E-state index in [0.29, 0.717) is 5.56 Å². The topological polar surface area (TPSA) is 37.3 Å². The molecule has 2 rings (SSSR count). The zero-order valence-corrected chi connectivity index (χ0v) is 10.2. The zero-order chi connectivity index (χ0) is 12.5. The van der Waals surface area contributed by atoms with Gasteiger partial charge in [0, 0.05) is 5.30 Å². The second kappa shape index (κ2) is 4.44. The van der Waals surface area contributed by atoms with Gasteiger partial charge in [-0.1, -0.05) is 30.3 Å². The maximum Gasteiger partial charge on any atom is 0.261 e. The molecule has 0 aliphatic carbocycles. The number of benzene rings is 2. The average molecular weight is 250 g/mol. The molecule has 1 atom stereocenters. The molecule has 0 aliphatic rings. The summed E-state index contributed by atoms with van der Waals surface area (Å²) in [5, 5.41) is 0.138. The molecule has 0 saturated heterocycles. The molecule has 0 bridgehead atoms. The molecule has 1 unspecified atom stereocenters. The first-order valence-electron chi connectivity index (χ1n) is 5.17. The number of aryl methyl sites for hydroxylation is 1. The third-order valence-corrected chi connectivity index (χ3v) is 4.79. The van der Waals surface area contributed by atoms with E-state index in [2.05, 4.69) is 0 Å². The van der Waals surface area contributed by atoms with E-state index in [-0.39, 0.29) is 10.6 Å². The Labute approximate surface area is 99.2 Å². The predicted octanol–water partition coefficient (Wildman–Crippen LogP) is 2.36. The normalized spacial score (nSPS) is 14.3. The molecule has 2 aromatic carbocycles. The third-order valence-electron chi connectivity index (χ3n) is 2.62. The molecule has 0 saturated carbocycles. The van der Waals surface area contributed by atoms with Gasteiger partial charge in [0.1, 0.15) is 5.82 Å². The lowest BCUT2D eigenvalue weighted by atomic mass is 10.2. The zero-order valence-electron chi connectivity index (χ0n) is 9.30. The molecule has 1 N–H and O–H groups in total. The van der Waals surface area contributed by atoms with Gasteiger partial charge in [-0.2, -0.15) is 0 Å². The largest absolute Gasteiger partial charge is 0.338 e. The number of halogens is 1. The monoisotopic (exact) mass is 250 g/mol. The fourth-order valence-corrected chi connectivity index (χ4v) is 3.48. The summed E-state index contributed by atoms with van der Waals surface area (Å²) >= 11 is 0. The van der Waals surface area contributed by atoms with Gasteiger partial charge < -0.3 is 4.89 Å². The number of hydrogen-bond donors (Lipinski definition) is 1. The molecule has 2 nitrogen and oxygen atoms in total. The average Bonchev–Trinajstić information content (AvgIpc) is 2.29. The van der Waals surface area contributed by atoms with E-state index in [1.165, 1.54) is 18.2 Å². The van der Waals surface area contributed by atoms with Crippen LogP contribution in [0.3, 0.4) is 0 Å². The summed E-state index contributed by atoms with van der Waals surface area (Å²) < 4.78 is 25.9. The van der Waals surface area contributed by atoms with Crippen molar-refractivity contribution in [2.24, 2.45) is 0 Å². The first-order chi connectivity index (χ1) is 8.03. The van der Waals surface area contributed by atoms with E-state index < -0.39 is 13.2 Å². The maximum atomic E-state index is 13.6. The summed E-state index contributed by atoms with van der Waals surface area (Å²) in [4.78, 5) is 10.1. The van der Waals surface area contributed by atoms with Crippen molar-refractivity contribution >= 4 is 18.0 Å². The molecular formula is C13H12FO2P. The molecular weight excluding hydrogens is 238 g/mol. The van der Waals surface area contributed by atoms with Crippen LogP contribution in [0.15, 0.2) is 48.5 Å². The van der Waals surface area contributed by atoms with Gasteiger partial charge in [0.2, 0.25) is 0 Å². The van der Waals surface area contributed by atoms with E-state index >= 15 is 0 Å².